The molecule has 2 aliphatic rings. The number of benzene rings is 2. The Balaban J connectivity index is 1.43. The van der Waals surface area contributed by atoms with Crippen molar-refractivity contribution in [1.29, 1.82) is 0 Å². The molecule has 0 aliphatic heterocycles. The molecule has 0 bridgehead atoms. The van der Waals surface area contributed by atoms with Crippen molar-refractivity contribution in [2.75, 3.05) is 7.11 Å². The van der Waals surface area contributed by atoms with Crippen LogP contribution in [0, 0.1) is 17.3 Å². The molecule has 0 spiro atoms. The second-order valence-corrected chi connectivity index (χ2v) is 9.60. The average molecular weight is 440 g/mol. The topological polar surface area (TPSA) is 55.4 Å². The number of ether oxygens (including phenoxy) is 1. The Hall–Kier alpha value is -2.33. The molecule has 0 radical (unpaired) electrons. The monoisotopic (exact) mass is 439 g/mol. The quantitative estimate of drug-likeness (QED) is 0.544. The van der Waals surface area contributed by atoms with Crippen LogP contribution in [0.3, 0.4) is 0 Å². The first-order valence-electron chi connectivity index (χ1n) is 11.1. The number of rotatable bonds is 8. The van der Waals surface area contributed by atoms with Crippen LogP contribution in [0.25, 0.3) is 0 Å². The largest absolute Gasteiger partial charge is 0.469 e. The Morgan fingerprint density at radius 1 is 1.13 bits per heavy atom. The molecule has 1 unspecified atom stereocenters. The molecule has 1 N–H and O–H groups in total. The Labute approximate surface area is 189 Å². The molecule has 4 nitrogen and oxygen atoms in total. The SMILES string of the molecule is CC[C@@H](C[C@]12CC([C@H](C(=O)OC)c3ccccc3)C[C@@H]1C2)NC(=O)c1ccc(Cl)cc1. The lowest BCUT2D eigenvalue weighted by atomic mass is 9.80. The first kappa shape index (κ1) is 21.9. The summed E-state index contributed by atoms with van der Waals surface area (Å²) in [5, 5.41) is 3.84. The molecule has 31 heavy (non-hydrogen) atoms. The van der Waals surface area contributed by atoms with Crippen molar-refractivity contribution >= 4 is 23.5 Å². The Kier molecular flexibility index (Phi) is 6.38. The van der Waals surface area contributed by atoms with Crippen LogP contribution in [-0.2, 0) is 9.53 Å². The highest BCUT2D eigenvalue weighted by Gasteiger charge is 2.61. The van der Waals surface area contributed by atoms with Crippen molar-refractivity contribution < 1.29 is 14.3 Å². The molecule has 2 aromatic rings. The number of carbonyl (C=O) groups is 2. The normalized spacial score (nSPS) is 25.9. The Bertz CT molecular complexity index is 929. The summed E-state index contributed by atoms with van der Waals surface area (Å²) in [5.74, 6) is 0.520. The summed E-state index contributed by atoms with van der Waals surface area (Å²) in [7, 11) is 1.48. The number of methoxy groups -OCH3 is 1. The van der Waals surface area contributed by atoms with Crippen LogP contribution in [0.15, 0.2) is 54.6 Å². The van der Waals surface area contributed by atoms with Gasteiger partial charge in [-0.3, -0.25) is 9.59 Å². The van der Waals surface area contributed by atoms with Crippen molar-refractivity contribution in [2.45, 2.75) is 51.0 Å². The first-order chi connectivity index (χ1) is 15.0. The summed E-state index contributed by atoms with van der Waals surface area (Å²) in [6.07, 6.45) is 5.11. The van der Waals surface area contributed by atoms with E-state index in [9.17, 15) is 9.59 Å². The summed E-state index contributed by atoms with van der Waals surface area (Å²) < 4.78 is 5.17. The van der Waals surface area contributed by atoms with E-state index in [1.807, 2.05) is 30.3 Å². The van der Waals surface area contributed by atoms with Crippen LogP contribution >= 0.6 is 11.6 Å². The van der Waals surface area contributed by atoms with E-state index in [0.717, 1.165) is 31.2 Å². The van der Waals surface area contributed by atoms with Gasteiger partial charge in [0.2, 0.25) is 0 Å². The van der Waals surface area contributed by atoms with Gasteiger partial charge in [-0.25, -0.2) is 0 Å². The highest BCUT2D eigenvalue weighted by atomic mass is 35.5. The van der Waals surface area contributed by atoms with Gasteiger partial charge in [0, 0.05) is 16.6 Å². The fourth-order valence-corrected chi connectivity index (χ4v) is 5.75. The van der Waals surface area contributed by atoms with Gasteiger partial charge in [-0.1, -0.05) is 48.9 Å². The zero-order valence-corrected chi connectivity index (χ0v) is 18.9. The van der Waals surface area contributed by atoms with Gasteiger partial charge in [-0.05, 0) is 79.2 Å². The maximum atomic E-state index is 12.7. The van der Waals surface area contributed by atoms with Crippen LogP contribution < -0.4 is 5.32 Å². The summed E-state index contributed by atoms with van der Waals surface area (Å²) in [5.41, 5.74) is 1.91. The van der Waals surface area contributed by atoms with Crippen molar-refractivity contribution in [3.05, 3.63) is 70.7 Å². The van der Waals surface area contributed by atoms with E-state index in [2.05, 4.69) is 12.2 Å². The van der Waals surface area contributed by atoms with Crippen LogP contribution in [-0.4, -0.2) is 25.0 Å². The van der Waals surface area contributed by atoms with Gasteiger partial charge in [0.25, 0.3) is 5.91 Å². The highest BCUT2D eigenvalue weighted by Crippen LogP contribution is 2.69. The standard InChI is InChI=1S/C26H30ClNO3/c1-3-22(28-24(29)18-9-11-21(27)12-10-18)16-26-14-19(13-20(26)15-26)23(25(30)31-2)17-7-5-4-6-8-17/h4-12,19-20,22-23H,3,13-16H2,1-2H3,(H,28,29)/t19?,20-,22+,23-,26-/m1/s1. The van der Waals surface area contributed by atoms with Crippen molar-refractivity contribution in [3.8, 4) is 0 Å². The minimum atomic E-state index is -0.209. The van der Waals surface area contributed by atoms with E-state index in [1.54, 1.807) is 24.3 Å². The summed E-state index contributed by atoms with van der Waals surface area (Å²) in [6, 6.07) is 17.1. The average Bonchev–Trinajstić information content (AvgIpc) is 3.33. The molecular formula is C26H30ClNO3. The summed E-state index contributed by atoms with van der Waals surface area (Å²) in [6.45, 7) is 2.12. The second kappa shape index (κ2) is 9.04. The van der Waals surface area contributed by atoms with E-state index >= 15 is 0 Å². The minimum Gasteiger partial charge on any atom is -0.469 e. The molecule has 5 heteroatoms. The molecule has 4 rings (SSSR count). The van der Waals surface area contributed by atoms with Gasteiger partial charge in [0.15, 0.2) is 0 Å². The number of hydrogen-bond acceptors (Lipinski definition) is 3. The summed E-state index contributed by atoms with van der Waals surface area (Å²) >= 11 is 5.94. The first-order valence-corrected chi connectivity index (χ1v) is 11.5. The molecule has 0 saturated heterocycles. The molecule has 0 aromatic heterocycles. The second-order valence-electron chi connectivity index (χ2n) is 9.16. The Morgan fingerprint density at radius 2 is 1.84 bits per heavy atom. The Morgan fingerprint density at radius 3 is 2.48 bits per heavy atom. The molecule has 2 fully saturated rings. The number of carbonyl (C=O) groups excluding carboxylic acids is 2. The van der Waals surface area contributed by atoms with Gasteiger partial charge in [-0.2, -0.15) is 0 Å². The molecule has 2 saturated carbocycles. The number of amides is 1. The molecule has 164 valence electrons. The minimum absolute atomic E-state index is 0.0524. The third kappa shape index (κ3) is 4.64. The fraction of sp³-hybridized carbons (Fsp3) is 0.462. The number of hydrogen-bond donors (Lipinski definition) is 1. The van der Waals surface area contributed by atoms with Crippen LogP contribution in [0.4, 0.5) is 0 Å². The summed E-state index contributed by atoms with van der Waals surface area (Å²) in [4.78, 5) is 25.3. The lowest BCUT2D eigenvalue weighted by molar-refractivity contribution is -0.144. The van der Waals surface area contributed by atoms with Crippen LogP contribution in [0.5, 0.6) is 0 Å². The van der Waals surface area contributed by atoms with Crippen LogP contribution in [0.2, 0.25) is 5.02 Å². The predicted molar refractivity (Wildman–Crippen MR) is 122 cm³/mol. The lowest BCUT2D eigenvalue weighted by Gasteiger charge is -2.27. The maximum Gasteiger partial charge on any atom is 0.313 e. The van der Waals surface area contributed by atoms with Gasteiger partial charge < -0.3 is 10.1 Å². The fourth-order valence-electron chi connectivity index (χ4n) is 5.62. The predicted octanol–water partition coefficient (Wildman–Crippen LogP) is 5.61. The maximum absolute atomic E-state index is 12.7. The van der Waals surface area contributed by atoms with Crippen molar-refractivity contribution in [3.63, 3.8) is 0 Å². The zero-order valence-electron chi connectivity index (χ0n) is 18.1. The van der Waals surface area contributed by atoms with E-state index in [-0.39, 0.29) is 35.2 Å². The van der Waals surface area contributed by atoms with E-state index in [1.165, 1.54) is 13.5 Å². The number of esters is 1. The molecular weight excluding hydrogens is 410 g/mol. The van der Waals surface area contributed by atoms with E-state index in [4.69, 9.17) is 16.3 Å². The number of nitrogens with one attached hydrogen (secondary N) is 1. The highest BCUT2D eigenvalue weighted by molar-refractivity contribution is 6.30. The number of fused-ring (bicyclic) bond motifs is 1. The third-order valence-electron chi connectivity index (χ3n) is 7.29. The van der Waals surface area contributed by atoms with Gasteiger partial charge in [0.1, 0.15) is 0 Å². The molecule has 2 aliphatic carbocycles. The van der Waals surface area contributed by atoms with E-state index < -0.39 is 0 Å². The molecule has 5 atom stereocenters. The van der Waals surface area contributed by atoms with Crippen molar-refractivity contribution in [2.24, 2.45) is 17.3 Å². The lowest BCUT2D eigenvalue weighted by Crippen LogP contribution is -2.36. The zero-order chi connectivity index (χ0) is 22.0. The van der Waals surface area contributed by atoms with Gasteiger partial charge >= 0.3 is 5.97 Å². The van der Waals surface area contributed by atoms with E-state index in [0.29, 0.717) is 16.5 Å². The number of halogens is 1. The van der Waals surface area contributed by atoms with Crippen molar-refractivity contribution in [1.82, 2.24) is 5.32 Å². The van der Waals surface area contributed by atoms with Gasteiger partial charge in [0.05, 0.1) is 13.0 Å². The van der Waals surface area contributed by atoms with Crippen LogP contribution in [0.1, 0.15) is 60.9 Å². The molecule has 0 heterocycles. The molecule has 2 aromatic carbocycles. The third-order valence-corrected chi connectivity index (χ3v) is 7.54. The molecule has 1 amide bonds. The smallest absolute Gasteiger partial charge is 0.313 e. The van der Waals surface area contributed by atoms with Gasteiger partial charge in [-0.15, -0.1) is 0 Å².